The third-order valence-electron chi connectivity index (χ3n) is 2.89. The first-order valence-electron chi connectivity index (χ1n) is 7.10. The van der Waals surface area contributed by atoms with Crippen molar-refractivity contribution in [3.63, 3.8) is 0 Å². The minimum atomic E-state index is -4.59. The van der Waals surface area contributed by atoms with E-state index < -0.39 is 36.9 Å². The number of rotatable bonds is 7. The molecule has 0 saturated heterocycles. The number of nitrogens with one attached hydrogen (secondary N) is 1. The van der Waals surface area contributed by atoms with E-state index >= 15 is 0 Å². The molecule has 8 nitrogen and oxygen atoms in total. The van der Waals surface area contributed by atoms with Gasteiger partial charge in [0.15, 0.2) is 5.69 Å². The summed E-state index contributed by atoms with van der Waals surface area (Å²) in [5.41, 5.74) is 1.40. The highest BCUT2D eigenvalue weighted by Crippen LogP contribution is 2.27. The molecular weight excluding hydrogens is 357 g/mol. The zero-order valence-corrected chi connectivity index (χ0v) is 13.1. The molecule has 0 aliphatic heterocycles. The van der Waals surface area contributed by atoms with Gasteiger partial charge in [0.2, 0.25) is 0 Å². The topological polar surface area (TPSA) is 109 Å². The van der Waals surface area contributed by atoms with Gasteiger partial charge in [-0.25, -0.2) is 5.43 Å². The number of hydrogen-bond donors (Lipinski definition) is 1. The highest BCUT2D eigenvalue weighted by Gasteiger charge is 2.33. The molecule has 1 amide bonds. The molecule has 1 heterocycles. The van der Waals surface area contributed by atoms with Crippen LogP contribution in [-0.4, -0.2) is 34.5 Å². The molecule has 11 heteroatoms. The number of carboxylic acid groups (broad SMARTS) is 1. The van der Waals surface area contributed by atoms with Gasteiger partial charge in [0.25, 0.3) is 5.91 Å². The van der Waals surface area contributed by atoms with Crippen LogP contribution in [0.15, 0.2) is 41.6 Å². The standard InChI is InChI=1S/C15H13F3N4O4/c16-15(17,18)12-5-6-22(21-12)8-13(23)20-19-7-10-3-1-2-4-11(10)26-9-14(24)25/h1-7H,8-9H2,(H,20,23)(H,24,25)/p-1/b19-7-. The van der Waals surface area contributed by atoms with Gasteiger partial charge >= 0.3 is 6.18 Å². The SMILES string of the molecule is O=C([O-])COc1ccccc1/C=N\NC(=O)Cn1ccc(C(F)(F)F)n1. The van der Waals surface area contributed by atoms with Gasteiger partial charge in [0, 0.05) is 11.8 Å². The molecule has 0 fully saturated rings. The zero-order valence-electron chi connectivity index (χ0n) is 13.1. The van der Waals surface area contributed by atoms with Crippen LogP contribution in [0.2, 0.25) is 0 Å². The van der Waals surface area contributed by atoms with Crippen molar-refractivity contribution in [2.75, 3.05) is 6.61 Å². The summed E-state index contributed by atoms with van der Waals surface area (Å²) in [4.78, 5) is 22.1. The highest BCUT2D eigenvalue weighted by molar-refractivity contribution is 5.85. The first-order valence-corrected chi connectivity index (χ1v) is 7.10. The van der Waals surface area contributed by atoms with E-state index in [1.165, 1.54) is 12.3 Å². The predicted molar refractivity (Wildman–Crippen MR) is 79.9 cm³/mol. The number of halogens is 3. The number of ether oxygens (including phenoxy) is 1. The van der Waals surface area contributed by atoms with E-state index in [4.69, 9.17) is 4.74 Å². The lowest BCUT2D eigenvalue weighted by Crippen LogP contribution is -2.29. The summed E-state index contributed by atoms with van der Waals surface area (Å²) in [7, 11) is 0. The van der Waals surface area contributed by atoms with Crippen LogP contribution in [-0.2, 0) is 22.3 Å². The van der Waals surface area contributed by atoms with Crippen molar-refractivity contribution in [2.45, 2.75) is 12.7 Å². The molecule has 0 unspecified atom stereocenters. The molecule has 138 valence electrons. The van der Waals surface area contributed by atoms with Crippen LogP contribution >= 0.6 is 0 Å². The number of carboxylic acids is 1. The Bertz CT molecular complexity index is 817. The summed E-state index contributed by atoms with van der Waals surface area (Å²) >= 11 is 0. The fraction of sp³-hybridized carbons (Fsp3) is 0.200. The summed E-state index contributed by atoms with van der Waals surface area (Å²) in [6, 6.07) is 7.05. The largest absolute Gasteiger partial charge is 0.546 e. The lowest BCUT2D eigenvalue weighted by molar-refractivity contribution is -0.307. The van der Waals surface area contributed by atoms with E-state index in [-0.39, 0.29) is 5.75 Å². The van der Waals surface area contributed by atoms with Crippen molar-refractivity contribution in [1.82, 2.24) is 15.2 Å². The number of hydrazone groups is 1. The van der Waals surface area contributed by atoms with Gasteiger partial charge in [-0.15, -0.1) is 0 Å². The number of amides is 1. The first kappa shape index (κ1) is 19.0. The van der Waals surface area contributed by atoms with Gasteiger partial charge in [0.1, 0.15) is 18.9 Å². The summed E-state index contributed by atoms with van der Waals surface area (Å²) in [5.74, 6) is -1.90. The molecule has 0 atom stereocenters. The van der Waals surface area contributed by atoms with Gasteiger partial charge in [-0.05, 0) is 18.2 Å². The molecule has 26 heavy (non-hydrogen) atoms. The fourth-order valence-corrected chi connectivity index (χ4v) is 1.81. The van der Waals surface area contributed by atoms with E-state index in [9.17, 15) is 27.9 Å². The van der Waals surface area contributed by atoms with Crippen molar-refractivity contribution in [2.24, 2.45) is 5.10 Å². The maximum absolute atomic E-state index is 12.4. The third-order valence-corrected chi connectivity index (χ3v) is 2.89. The molecule has 0 saturated carbocycles. The normalized spacial score (nSPS) is 11.5. The van der Waals surface area contributed by atoms with Crippen LogP contribution in [0, 0.1) is 0 Å². The summed E-state index contributed by atoms with van der Waals surface area (Å²) in [6.45, 7) is -1.12. The number of para-hydroxylation sites is 1. The van der Waals surface area contributed by atoms with Crippen LogP contribution in [0.4, 0.5) is 13.2 Å². The zero-order chi connectivity index (χ0) is 19.2. The van der Waals surface area contributed by atoms with E-state index in [0.29, 0.717) is 5.56 Å². The van der Waals surface area contributed by atoms with Crippen LogP contribution in [0.3, 0.4) is 0 Å². The van der Waals surface area contributed by atoms with Crippen LogP contribution in [0.1, 0.15) is 11.3 Å². The molecular formula is C15H12F3N4O4-. The lowest BCUT2D eigenvalue weighted by atomic mass is 10.2. The Kier molecular flexibility index (Phi) is 5.94. The number of aliphatic carboxylic acids is 1. The molecule has 1 N–H and O–H groups in total. The number of carbonyl (C=O) groups excluding carboxylic acids is 2. The average Bonchev–Trinajstić information content (AvgIpc) is 3.02. The smallest absolute Gasteiger partial charge is 0.435 e. The summed E-state index contributed by atoms with van der Waals surface area (Å²) in [6.07, 6.45) is -2.36. The molecule has 2 aromatic rings. The number of nitrogens with zero attached hydrogens (tertiary/aromatic N) is 3. The second-order valence-electron chi connectivity index (χ2n) is 4.89. The maximum Gasteiger partial charge on any atom is 0.435 e. The van der Waals surface area contributed by atoms with E-state index in [0.717, 1.165) is 16.9 Å². The minimum Gasteiger partial charge on any atom is -0.546 e. The van der Waals surface area contributed by atoms with Gasteiger partial charge in [-0.2, -0.15) is 23.4 Å². The number of hydrogen-bond acceptors (Lipinski definition) is 6. The second kappa shape index (κ2) is 8.14. The monoisotopic (exact) mass is 369 g/mol. The minimum absolute atomic E-state index is 0.205. The fourth-order valence-electron chi connectivity index (χ4n) is 1.81. The van der Waals surface area contributed by atoms with Crippen LogP contribution < -0.4 is 15.3 Å². The van der Waals surface area contributed by atoms with E-state index in [2.05, 4.69) is 15.6 Å². The maximum atomic E-state index is 12.4. The van der Waals surface area contributed by atoms with Crippen molar-refractivity contribution >= 4 is 18.1 Å². The Balaban J connectivity index is 1.93. The molecule has 0 spiro atoms. The van der Waals surface area contributed by atoms with Crippen molar-refractivity contribution < 1.29 is 32.6 Å². The number of alkyl halides is 3. The van der Waals surface area contributed by atoms with Gasteiger partial charge in [0.05, 0.1) is 12.2 Å². The number of carbonyl (C=O) groups is 2. The van der Waals surface area contributed by atoms with Gasteiger partial charge in [-0.3, -0.25) is 9.48 Å². The van der Waals surface area contributed by atoms with Gasteiger partial charge < -0.3 is 14.6 Å². The van der Waals surface area contributed by atoms with Gasteiger partial charge in [-0.1, -0.05) is 12.1 Å². The third kappa shape index (κ3) is 5.61. The molecule has 1 aromatic heterocycles. The van der Waals surface area contributed by atoms with Crippen molar-refractivity contribution in [3.05, 3.63) is 47.8 Å². The van der Waals surface area contributed by atoms with Crippen molar-refractivity contribution in [3.8, 4) is 5.75 Å². The highest BCUT2D eigenvalue weighted by atomic mass is 19.4. The summed E-state index contributed by atoms with van der Waals surface area (Å²) in [5, 5.41) is 17.3. The Labute approximate surface area is 144 Å². The Morgan fingerprint density at radius 3 is 2.69 bits per heavy atom. The molecule has 0 radical (unpaired) electrons. The first-order chi connectivity index (χ1) is 12.3. The predicted octanol–water partition coefficient (Wildman–Crippen LogP) is 0.181. The Morgan fingerprint density at radius 1 is 1.31 bits per heavy atom. The van der Waals surface area contributed by atoms with E-state index in [1.807, 2.05) is 0 Å². The Hall–Kier alpha value is -3.37. The molecule has 0 aliphatic rings. The summed E-state index contributed by atoms with van der Waals surface area (Å²) < 4.78 is 43.1. The average molecular weight is 369 g/mol. The quantitative estimate of drug-likeness (QED) is 0.553. The van der Waals surface area contributed by atoms with Crippen LogP contribution in [0.25, 0.3) is 0 Å². The molecule has 2 rings (SSSR count). The number of benzene rings is 1. The molecule has 0 aliphatic carbocycles. The second-order valence-corrected chi connectivity index (χ2v) is 4.89. The van der Waals surface area contributed by atoms with E-state index in [1.54, 1.807) is 18.2 Å². The lowest BCUT2D eigenvalue weighted by Gasteiger charge is -2.09. The van der Waals surface area contributed by atoms with Crippen molar-refractivity contribution in [1.29, 1.82) is 0 Å². The van der Waals surface area contributed by atoms with Crippen LogP contribution in [0.5, 0.6) is 5.75 Å². The number of aromatic nitrogens is 2. The molecule has 1 aromatic carbocycles. The Morgan fingerprint density at radius 2 is 2.04 bits per heavy atom. The molecule has 0 bridgehead atoms.